The lowest BCUT2D eigenvalue weighted by atomic mass is 9.82. The lowest BCUT2D eigenvalue weighted by molar-refractivity contribution is -0.172. The average molecular weight is 257 g/mol. The van der Waals surface area contributed by atoms with Crippen LogP contribution < -0.4 is 0 Å². The Balaban J connectivity index is 2.65. The zero-order valence-corrected chi connectivity index (χ0v) is 11.7. The van der Waals surface area contributed by atoms with E-state index >= 15 is 0 Å². The van der Waals surface area contributed by atoms with Gasteiger partial charge in [-0.05, 0) is 19.3 Å². The van der Waals surface area contributed by atoms with Crippen LogP contribution in [0.15, 0.2) is 0 Å². The second-order valence-electron chi connectivity index (χ2n) is 5.26. The molecular formula is C13H23NO4. The summed E-state index contributed by atoms with van der Waals surface area (Å²) in [5.41, 5.74) is -0.239. The van der Waals surface area contributed by atoms with Crippen molar-refractivity contribution in [3.8, 4) is 0 Å². The molecule has 1 aliphatic rings. The molecule has 0 spiro atoms. The Hall–Kier alpha value is -0.940. The minimum atomic E-state index is -0.519. The van der Waals surface area contributed by atoms with Gasteiger partial charge in [0, 0.05) is 26.1 Å². The number of piperidine rings is 1. The van der Waals surface area contributed by atoms with E-state index in [9.17, 15) is 9.59 Å². The molecule has 0 bridgehead atoms. The van der Waals surface area contributed by atoms with E-state index in [1.165, 1.54) is 4.90 Å². The SMILES string of the molecule is CCOC(CN1C(=O)CC(C)(C)CC1=O)OCC. The van der Waals surface area contributed by atoms with Gasteiger partial charge in [-0.2, -0.15) is 0 Å². The molecule has 5 heteroatoms. The lowest BCUT2D eigenvalue weighted by Gasteiger charge is -2.36. The van der Waals surface area contributed by atoms with Crippen molar-refractivity contribution in [1.29, 1.82) is 0 Å². The highest BCUT2D eigenvalue weighted by Crippen LogP contribution is 2.31. The summed E-state index contributed by atoms with van der Waals surface area (Å²) in [5, 5.41) is 0. The molecule has 0 aromatic carbocycles. The van der Waals surface area contributed by atoms with Gasteiger partial charge in [0.05, 0.1) is 6.54 Å². The molecule has 104 valence electrons. The minimum absolute atomic E-state index is 0.138. The second-order valence-corrected chi connectivity index (χ2v) is 5.26. The molecule has 0 N–H and O–H groups in total. The van der Waals surface area contributed by atoms with Crippen LogP contribution in [0.5, 0.6) is 0 Å². The highest BCUT2D eigenvalue weighted by Gasteiger charge is 2.38. The van der Waals surface area contributed by atoms with Crippen LogP contribution >= 0.6 is 0 Å². The summed E-state index contributed by atoms with van der Waals surface area (Å²) in [6.45, 7) is 8.75. The van der Waals surface area contributed by atoms with Crippen molar-refractivity contribution in [3.05, 3.63) is 0 Å². The number of hydrogen-bond acceptors (Lipinski definition) is 4. The van der Waals surface area contributed by atoms with Crippen molar-refractivity contribution >= 4 is 11.8 Å². The van der Waals surface area contributed by atoms with Crippen LogP contribution in [0.4, 0.5) is 0 Å². The van der Waals surface area contributed by atoms with Crippen LogP contribution in [0.2, 0.25) is 0 Å². The minimum Gasteiger partial charge on any atom is -0.351 e. The molecule has 0 atom stereocenters. The third-order valence-electron chi connectivity index (χ3n) is 2.90. The Bertz CT molecular complexity index is 288. The Kier molecular flexibility index (Phi) is 5.28. The first kappa shape index (κ1) is 15.1. The summed E-state index contributed by atoms with van der Waals surface area (Å²) in [4.78, 5) is 25.2. The number of imide groups is 1. The molecule has 18 heavy (non-hydrogen) atoms. The normalized spacial score (nSPS) is 19.7. The molecule has 1 heterocycles. The molecule has 1 saturated heterocycles. The lowest BCUT2D eigenvalue weighted by Crippen LogP contribution is -2.49. The van der Waals surface area contributed by atoms with Gasteiger partial charge in [-0.1, -0.05) is 13.8 Å². The van der Waals surface area contributed by atoms with Gasteiger partial charge in [0.2, 0.25) is 11.8 Å². The van der Waals surface area contributed by atoms with E-state index in [-0.39, 0.29) is 23.8 Å². The van der Waals surface area contributed by atoms with E-state index in [1.807, 2.05) is 27.7 Å². The van der Waals surface area contributed by atoms with Crippen LogP contribution in [0.3, 0.4) is 0 Å². The molecule has 0 aliphatic carbocycles. The van der Waals surface area contributed by atoms with Gasteiger partial charge in [0.25, 0.3) is 0 Å². The molecule has 0 saturated carbocycles. The number of ether oxygens (including phenoxy) is 2. The first-order valence-corrected chi connectivity index (χ1v) is 6.46. The van der Waals surface area contributed by atoms with Gasteiger partial charge >= 0.3 is 0 Å². The molecule has 5 nitrogen and oxygen atoms in total. The van der Waals surface area contributed by atoms with Crippen molar-refractivity contribution < 1.29 is 19.1 Å². The third-order valence-corrected chi connectivity index (χ3v) is 2.90. The number of nitrogens with zero attached hydrogens (tertiary/aromatic N) is 1. The first-order chi connectivity index (χ1) is 8.39. The Morgan fingerprint density at radius 3 is 1.94 bits per heavy atom. The molecule has 0 radical (unpaired) electrons. The molecule has 0 aromatic rings. The molecular weight excluding hydrogens is 234 g/mol. The van der Waals surface area contributed by atoms with E-state index in [2.05, 4.69) is 0 Å². The maximum Gasteiger partial charge on any atom is 0.229 e. The van der Waals surface area contributed by atoms with Crippen LogP contribution in [-0.2, 0) is 19.1 Å². The van der Waals surface area contributed by atoms with Gasteiger partial charge < -0.3 is 9.47 Å². The van der Waals surface area contributed by atoms with Gasteiger partial charge in [0.1, 0.15) is 0 Å². The van der Waals surface area contributed by atoms with Crippen molar-refractivity contribution in [2.24, 2.45) is 5.41 Å². The molecule has 1 fully saturated rings. The Morgan fingerprint density at radius 1 is 1.11 bits per heavy atom. The van der Waals surface area contributed by atoms with E-state index < -0.39 is 6.29 Å². The maximum atomic E-state index is 12.0. The van der Waals surface area contributed by atoms with E-state index in [4.69, 9.17) is 9.47 Å². The summed E-state index contributed by atoms with van der Waals surface area (Å²) in [6.07, 6.45) is 0.266. The standard InChI is InChI=1S/C13H23NO4/c1-5-17-12(18-6-2)9-14-10(15)7-13(3,4)8-11(14)16/h12H,5-9H2,1-4H3. The fourth-order valence-corrected chi connectivity index (χ4v) is 2.09. The molecule has 1 rings (SSSR count). The first-order valence-electron chi connectivity index (χ1n) is 6.46. The smallest absolute Gasteiger partial charge is 0.229 e. The van der Waals surface area contributed by atoms with E-state index in [1.54, 1.807) is 0 Å². The Morgan fingerprint density at radius 2 is 1.56 bits per heavy atom. The number of likely N-dealkylation sites (tertiary alicyclic amines) is 1. The number of rotatable bonds is 6. The maximum absolute atomic E-state index is 12.0. The fourth-order valence-electron chi connectivity index (χ4n) is 2.09. The number of carbonyl (C=O) groups excluding carboxylic acids is 2. The van der Waals surface area contributed by atoms with Crippen molar-refractivity contribution in [2.45, 2.75) is 46.8 Å². The molecule has 0 unspecified atom stereocenters. The van der Waals surface area contributed by atoms with Gasteiger partial charge in [-0.25, -0.2) is 0 Å². The number of carbonyl (C=O) groups is 2. The summed E-state index contributed by atoms with van der Waals surface area (Å²) in [6, 6.07) is 0. The predicted octanol–water partition coefficient (Wildman–Crippen LogP) is 1.56. The zero-order valence-electron chi connectivity index (χ0n) is 11.7. The number of hydrogen-bond donors (Lipinski definition) is 0. The predicted molar refractivity (Wildman–Crippen MR) is 66.8 cm³/mol. The van der Waals surface area contributed by atoms with Crippen molar-refractivity contribution in [3.63, 3.8) is 0 Å². The average Bonchev–Trinajstić information content (AvgIpc) is 2.22. The summed E-state index contributed by atoms with van der Waals surface area (Å²) in [7, 11) is 0. The van der Waals surface area contributed by atoms with Gasteiger partial charge in [0.15, 0.2) is 6.29 Å². The van der Waals surface area contributed by atoms with Gasteiger partial charge in [-0.3, -0.25) is 14.5 Å². The summed E-state index contributed by atoms with van der Waals surface area (Å²) < 4.78 is 10.7. The van der Waals surface area contributed by atoms with Crippen LogP contribution in [0.1, 0.15) is 40.5 Å². The van der Waals surface area contributed by atoms with Gasteiger partial charge in [-0.15, -0.1) is 0 Å². The van der Waals surface area contributed by atoms with Crippen LogP contribution in [0.25, 0.3) is 0 Å². The largest absolute Gasteiger partial charge is 0.351 e. The fraction of sp³-hybridized carbons (Fsp3) is 0.846. The zero-order chi connectivity index (χ0) is 13.8. The third kappa shape index (κ3) is 4.07. The quantitative estimate of drug-likeness (QED) is 0.535. The highest BCUT2D eigenvalue weighted by atomic mass is 16.7. The molecule has 2 amide bonds. The Labute approximate surface area is 108 Å². The molecule has 0 aromatic heterocycles. The summed E-state index contributed by atoms with van der Waals surface area (Å²) in [5.74, 6) is -0.277. The topological polar surface area (TPSA) is 55.8 Å². The number of amides is 2. The van der Waals surface area contributed by atoms with E-state index in [0.717, 1.165) is 0 Å². The van der Waals surface area contributed by atoms with Crippen LogP contribution in [0, 0.1) is 5.41 Å². The molecule has 1 aliphatic heterocycles. The van der Waals surface area contributed by atoms with E-state index in [0.29, 0.717) is 26.1 Å². The monoisotopic (exact) mass is 257 g/mol. The van der Waals surface area contributed by atoms with Crippen molar-refractivity contribution in [2.75, 3.05) is 19.8 Å². The van der Waals surface area contributed by atoms with Crippen molar-refractivity contribution in [1.82, 2.24) is 4.90 Å². The summed E-state index contributed by atoms with van der Waals surface area (Å²) >= 11 is 0. The second kappa shape index (κ2) is 6.29. The highest BCUT2D eigenvalue weighted by molar-refractivity contribution is 5.98. The van der Waals surface area contributed by atoms with Crippen LogP contribution in [-0.4, -0.2) is 42.8 Å².